The lowest BCUT2D eigenvalue weighted by Crippen LogP contribution is -2.47. The van der Waals surface area contributed by atoms with Gasteiger partial charge in [0.2, 0.25) is 0 Å². The van der Waals surface area contributed by atoms with Crippen molar-refractivity contribution in [2.24, 2.45) is 5.92 Å². The zero-order valence-corrected chi connectivity index (χ0v) is 13.5. The molecule has 2 fully saturated rings. The molecule has 0 aromatic heterocycles. The highest BCUT2D eigenvalue weighted by molar-refractivity contribution is 7.99. The van der Waals surface area contributed by atoms with E-state index in [9.17, 15) is 9.59 Å². The second kappa shape index (κ2) is 7.92. The van der Waals surface area contributed by atoms with Crippen molar-refractivity contribution in [3.8, 4) is 0 Å². The summed E-state index contributed by atoms with van der Waals surface area (Å²) in [6, 6.07) is 0.146. The minimum atomic E-state index is -0.739. The summed E-state index contributed by atoms with van der Waals surface area (Å²) in [6.45, 7) is 2.17. The van der Waals surface area contributed by atoms with Gasteiger partial charge in [-0.15, -0.1) is 0 Å². The van der Waals surface area contributed by atoms with E-state index in [1.54, 1.807) is 0 Å². The predicted molar refractivity (Wildman–Crippen MR) is 84.6 cm³/mol. The Morgan fingerprint density at radius 1 is 1.10 bits per heavy atom. The van der Waals surface area contributed by atoms with Gasteiger partial charge < -0.3 is 15.7 Å². The number of aliphatic carboxylic acids is 1. The van der Waals surface area contributed by atoms with Crippen LogP contribution in [0.25, 0.3) is 0 Å². The van der Waals surface area contributed by atoms with Gasteiger partial charge in [-0.2, -0.15) is 11.8 Å². The Morgan fingerprint density at radius 2 is 1.81 bits per heavy atom. The summed E-state index contributed by atoms with van der Waals surface area (Å²) in [4.78, 5) is 23.1. The molecule has 2 amide bonds. The minimum absolute atomic E-state index is 0.00191. The number of hydrogen-bond acceptors (Lipinski definition) is 3. The van der Waals surface area contributed by atoms with E-state index in [0.717, 1.165) is 37.9 Å². The maximum Gasteiger partial charge on any atom is 0.315 e. The van der Waals surface area contributed by atoms with Gasteiger partial charge in [0.05, 0.1) is 5.92 Å². The van der Waals surface area contributed by atoms with E-state index < -0.39 is 5.97 Å². The summed E-state index contributed by atoms with van der Waals surface area (Å²) in [5.41, 5.74) is 0. The Balaban J connectivity index is 1.71. The smallest absolute Gasteiger partial charge is 0.315 e. The van der Waals surface area contributed by atoms with Crippen molar-refractivity contribution in [1.82, 2.24) is 10.6 Å². The fourth-order valence-corrected chi connectivity index (χ4v) is 4.56. The van der Waals surface area contributed by atoms with Crippen LogP contribution in [-0.2, 0) is 4.79 Å². The van der Waals surface area contributed by atoms with Gasteiger partial charge in [-0.1, -0.05) is 13.3 Å². The number of thioether (sulfide) groups is 1. The van der Waals surface area contributed by atoms with Crippen LogP contribution in [0.4, 0.5) is 4.79 Å². The average Bonchev–Trinajstić information content (AvgIpc) is 2.86. The van der Waals surface area contributed by atoms with E-state index in [1.165, 1.54) is 6.42 Å². The van der Waals surface area contributed by atoms with Gasteiger partial charge in [-0.25, -0.2) is 4.79 Å². The van der Waals surface area contributed by atoms with Gasteiger partial charge in [-0.3, -0.25) is 4.79 Å². The van der Waals surface area contributed by atoms with Gasteiger partial charge in [0, 0.05) is 17.3 Å². The van der Waals surface area contributed by atoms with Gasteiger partial charge in [0.25, 0.3) is 0 Å². The lowest BCUT2D eigenvalue weighted by molar-refractivity contribution is -0.143. The Morgan fingerprint density at radius 3 is 2.48 bits per heavy atom. The van der Waals surface area contributed by atoms with Gasteiger partial charge in [0.1, 0.15) is 0 Å². The molecule has 6 heteroatoms. The molecule has 0 aromatic carbocycles. The van der Waals surface area contributed by atoms with Crippen molar-refractivity contribution in [2.75, 3.05) is 5.75 Å². The molecule has 0 aliphatic heterocycles. The standard InChI is InChI=1S/C15H26N2O3S/c1-2-21-13-7-6-12(9-13)17-15(20)16-11-5-3-4-10(8-11)14(18)19/h10-13H,2-9H2,1H3,(H,18,19)(H2,16,17,20). The van der Waals surface area contributed by atoms with E-state index in [0.29, 0.717) is 11.7 Å². The maximum absolute atomic E-state index is 12.0. The minimum Gasteiger partial charge on any atom is -0.481 e. The summed E-state index contributed by atoms with van der Waals surface area (Å²) >= 11 is 1.97. The van der Waals surface area contributed by atoms with E-state index in [4.69, 9.17) is 5.11 Å². The van der Waals surface area contributed by atoms with Crippen LogP contribution in [-0.4, -0.2) is 40.2 Å². The first-order valence-corrected chi connectivity index (χ1v) is 9.04. The van der Waals surface area contributed by atoms with Crippen LogP contribution in [0.3, 0.4) is 0 Å². The molecule has 4 atom stereocenters. The summed E-state index contributed by atoms with van der Waals surface area (Å²) < 4.78 is 0. The van der Waals surface area contributed by atoms with Crippen molar-refractivity contribution < 1.29 is 14.7 Å². The van der Waals surface area contributed by atoms with Crippen molar-refractivity contribution in [1.29, 1.82) is 0 Å². The molecule has 3 N–H and O–H groups in total. The molecule has 0 saturated heterocycles. The highest BCUT2D eigenvalue weighted by Crippen LogP contribution is 2.29. The number of amides is 2. The number of nitrogens with one attached hydrogen (secondary N) is 2. The molecule has 2 rings (SSSR count). The Hall–Kier alpha value is -0.910. The van der Waals surface area contributed by atoms with Crippen LogP contribution in [0.2, 0.25) is 0 Å². The summed E-state index contributed by atoms with van der Waals surface area (Å²) in [6.07, 6.45) is 6.32. The second-order valence-corrected chi connectivity index (χ2v) is 7.68. The maximum atomic E-state index is 12.0. The zero-order valence-electron chi connectivity index (χ0n) is 12.6. The molecule has 120 valence electrons. The third-order valence-electron chi connectivity index (χ3n) is 4.48. The molecule has 0 aromatic rings. The molecule has 0 spiro atoms. The van der Waals surface area contributed by atoms with Crippen molar-refractivity contribution in [2.45, 2.75) is 69.2 Å². The van der Waals surface area contributed by atoms with Gasteiger partial charge >= 0.3 is 12.0 Å². The summed E-state index contributed by atoms with van der Waals surface area (Å²) in [5.74, 6) is 0.0837. The van der Waals surface area contributed by atoms with E-state index in [2.05, 4.69) is 17.6 Å². The molecule has 21 heavy (non-hydrogen) atoms. The molecular weight excluding hydrogens is 288 g/mol. The number of rotatable bonds is 5. The second-order valence-electron chi connectivity index (χ2n) is 6.10. The van der Waals surface area contributed by atoms with Crippen LogP contribution >= 0.6 is 11.8 Å². The third-order valence-corrected chi connectivity index (χ3v) is 5.71. The lowest BCUT2D eigenvalue weighted by atomic mass is 9.86. The van der Waals surface area contributed by atoms with Crippen LogP contribution in [0, 0.1) is 5.92 Å². The van der Waals surface area contributed by atoms with Crippen LogP contribution < -0.4 is 10.6 Å². The van der Waals surface area contributed by atoms with Crippen LogP contribution in [0.15, 0.2) is 0 Å². The summed E-state index contributed by atoms with van der Waals surface area (Å²) in [5, 5.41) is 15.7. The quantitative estimate of drug-likeness (QED) is 0.729. The first-order valence-electron chi connectivity index (χ1n) is 8.00. The monoisotopic (exact) mass is 314 g/mol. The van der Waals surface area contributed by atoms with Gasteiger partial charge in [0.15, 0.2) is 0 Å². The molecular formula is C15H26N2O3S. The number of carboxylic acid groups (broad SMARTS) is 1. The molecule has 2 aliphatic carbocycles. The lowest BCUT2D eigenvalue weighted by Gasteiger charge is -2.28. The molecule has 5 nitrogen and oxygen atoms in total. The molecule has 2 saturated carbocycles. The molecule has 4 unspecified atom stereocenters. The Labute approximate surface area is 130 Å². The Bertz CT molecular complexity index is 378. The third kappa shape index (κ3) is 5.09. The highest BCUT2D eigenvalue weighted by Gasteiger charge is 2.29. The topological polar surface area (TPSA) is 78.4 Å². The molecule has 2 aliphatic rings. The van der Waals surface area contributed by atoms with Crippen LogP contribution in [0.5, 0.6) is 0 Å². The predicted octanol–water partition coefficient (Wildman–Crippen LogP) is 2.60. The Kier molecular flexibility index (Phi) is 6.21. The summed E-state index contributed by atoms with van der Waals surface area (Å²) in [7, 11) is 0. The zero-order chi connectivity index (χ0) is 15.2. The largest absolute Gasteiger partial charge is 0.481 e. The number of carbonyl (C=O) groups is 2. The van der Waals surface area contributed by atoms with E-state index >= 15 is 0 Å². The molecule has 0 heterocycles. The van der Waals surface area contributed by atoms with Crippen molar-refractivity contribution in [3.63, 3.8) is 0 Å². The average molecular weight is 314 g/mol. The SMILES string of the molecule is CCSC1CCC(NC(=O)NC2CCCC(C(=O)O)C2)C1. The van der Waals surface area contributed by atoms with E-state index in [-0.39, 0.29) is 24.0 Å². The van der Waals surface area contributed by atoms with Crippen molar-refractivity contribution >= 4 is 23.8 Å². The first kappa shape index (κ1) is 16.5. The number of hydrogen-bond donors (Lipinski definition) is 3. The molecule has 0 bridgehead atoms. The molecule has 0 radical (unpaired) electrons. The highest BCUT2D eigenvalue weighted by atomic mass is 32.2. The number of urea groups is 1. The number of carbonyl (C=O) groups excluding carboxylic acids is 1. The van der Waals surface area contributed by atoms with Gasteiger partial charge in [-0.05, 0) is 44.3 Å². The fourth-order valence-electron chi connectivity index (χ4n) is 3.42. The first-order chi connectivity index (χ1) is 10.1. The van der Waals surface area contributed by atoms with E-state index in [1.807, 2.05) is 11.8 Å². The van der Waals surface area contributed by atoms with Crippen LogP contribution in [0.1, 0.15) is 51.9 Å². The fraction of sp³-hybridized carbons (Fsp3) is 0.867. The number of carboxylic acids is 1. The normalized spacial score (nSPS) is 32.6. The van der Waals surface area contributed by atoms with Crippen molar-refractivity contribution in [3.05, 3.63) is 0 Å².